The van der Waals surface area contributed by atoms with Gasteiger partial charge in [-0.2, -0.15) is 0 Å². The van der Waals surface area contributed by atoms with Crippen LogP contribution in [0.2, 0.25) is 0 Å². The van der Waals surface area contributed by atoms with Gasteiger partial charge in [0.25, 0.3) is 0 Å². The molecule has 2 aliphatic rings. The molecule has 0 unspecified atom stereocenters. The third-order valence-corrected chi connectivity index (χ3v) is 5.10. The summed E-state index contributed by atoms with van der Waals surface area (Å²) in [6.07, 6.45) is 6.50. The van der Waals surface area contributed by atoms with Crippen molar-refractivity contribution < 1.29 is 4.79 Å². The van der Waals surface area contributed by atoms with Crippen LogP contribution in [0.3, 0.4) is 0 Å². The van der Waals surface area contributed by atoms with E-state index in [-0.39, 0.29) is 12.1 Å². The Labute approximate surface area is 147 Å². The minimum Gasteiger partial charge on any atom is -0.341 e. The Balaban J connectivity index is 1.41. The van der Waals surface area contributed by atoms with Gasteiger partial charge in [-0.25, -0.2) is 14.8 Å². The number of para-hydroxylation sites is 1. The molecule has 1 N–H and O–H groups in total. The zero-order valence-electron chi connectivity index (χ0n) is 14.5. The number of carbonyl (C=O) groups excluding carboxylic acids is 1. The number of carbonyl (C=O) groups is 1. The van der Waals surface area contributed by atoms with E-state index >= 15 is 0 Å². The summed E-state index contributed by atoms with van der Waals surface area (Å²) in [5.41, 5.74) is 3.23. The molecule has 1 fully saturated rings. The van der Waals surface area contributed by atoms with Gasteiger partial charge in [0, 0.05) is 43.8 Å². The average Bonchev–Trinajstić information content (AvgIpc) is 2.81. The van der Waals surface area contributed by atoms with Crippen molar-refractivity contribution in [1.29, 1.82) is 0 Å². The van der Waals surface area contributed by atoms with E-state index in [4.69, 9.17) is 0 Å². The van der Waals surface area contributed by atoms with E-state index in [1.807, 2.05) is 42.4 Å². The second-order valence-corrected chi connectivity index (χ2v) is 6.81. The fourth-order valence-corrected chi connectivity index (χ4v) is 3.66. The number of amides is 2. The number of aryl methyl sites for hydroxylation is 1. The van der Waals surface area contributed by atoms with E-state index in [9.17, 15) is 4.79 Å². The fourth-order valence-electron chi connectivity index (χ4n) is 3.66. The lowest BCUT2D eigenvalue weighted by Crippen LogP contribution is -2.49. The smallest absolute Gasteiger partial charge is 0.322 e. The molecule has 0 atom stereocenters. The van der Waals surface area contributed by atoms with Gasteiger partial charge < -0.3 is 15.1 Å². The zero-order valence-corrected chi connectivity index (χ0v) is 14.5. The molecule has 0 spiro atoms. The molecule has 25 heavy (non-hydrogen) atoms. The SMILES string of the molecule is Cc1cnc(N2CCC(N3CCc4ccccc4NC3=O)CC2)nc1. The topological polar surface area (TPSA) is 61.4 Å². The molecule has 6 heteroatoms. The molecular weight excluding hydrogens is 314 g/mol. The molecule has 1 aromatic heterocycles. The van der Waals surface area contributed by atoms with Gasteiger partial charge in [-0.1, -0.05) is 18.2 Å². The number of anilines is 2. The second-order valence-electron chi connectivity index (χ2n) is 6.81. The normalized spacial score (nSPS) is 18.5. The summed E-state index contributed by atoms with van der Waals surface area (Å²) in [5.74, 6) is 0.789. The van der Waals surface area contributed by atoms with Gasteiger partial charge in [-0.3, -0.25) is 0 Å². The number of hydrogen-bond donors (Lipinski definition) is 1. The molecule has 130 valence electrons. The van der Waals surface area contributed by atoms with Gasteiger partial charge in [0.05, 0.1) is 0 Å². The van der Waals surface area contributed by atoms with Gasteiger partial charge in [-0.05, 0) is 43.4 Å². The number of rotatable bonds is 2. The van der Waals surface area contributed by atoms with Crippen LogP contribution in [0, 0.1) is 6.92 Å². The van der Waals surface area contributed by atoms with E-state index in [1.165, 1.54) is 5.56 Å². The van der Waals surface area contributed by atoms with Crippen molar-refractivity contribution in [3.63, 3.8) is 0 Å². The molecule has 0 radical (unpaired) electrons. The lowest BCUT2D eigenvalue weighted by molar-refractivity contribution is 0.177. The Kier molecular flexibility index (Phi) is 4.26. The predicted octanol–water partition coefficient (Wildman–Crippen LogP) is 2.84. The second kappa shape index (κ2) is 6.70. The number of aromatic nitrogens is 2. The van der Waals surface area contributed by atoms with Gasteiger partial charge in [0.1, 0.15) is 0 Å². The van der Waals surface area contributed by atoms with Crippen LogP contribution >= 0.6 is 0 Å². The van der Waals surface area contributed by atoms with Crippen LogP contribution < -0.4 is 10.2 Å². The molecule has 3 heterocycles. The summed E-state index contributed by atoms with van der Waals surface area (Å²) in [5, 5.41) is 3.07. The van der Waals surface area contributed by atoms with Gasteiger partial charge in [-0.15, -0.1) is 0 Å². The third kappa shape index (κ3) is 3.29. The van der Waals surface area contributed by atoms with Crippen LogP contribution in [-0.4, -0.2) is 46.6 Å². The maximum absolute atomic E-state index is 12.6. The number of hydrogen-bond acceptors (Lipinski definition) is 4. The van der Waals surface area contributed by atoms with Crippen LogP contribution in [0.4, 0.5) is 16.4 Å². The minimum atomic E-state index is 0.0231. The van der Waals surface area contributed by atoms with E-state index in [0.29, 0.717) is 0 Å². The molecule has 2 aliphatic heterocycles. The van der Waals surface area contributed by atoms with Crippen LogP contribution in [0.5, 0.6) is 0 Å². The van der Waals surface area contributed by atoms with Gasteiger partial charge in [0.2, 0.25) is 5.95 Å². The molecule has 2 aromatic rings. The van der Waals surface area contributed by atoms with Gasteiger partial charge in [0.15, 0.2) is 0 Å². The lowest BCUT2D eigenvalue weighted by atomic mass is 10.0. The first kappa shape index (κ1) is 15.9. The number of nitrogens with zero attached hydrogens (tertiary/aromatic N) is 4. The summed E-state index contributed by atoms with van der Waals surface area (Å²) in [6.45, 7) is 4.52. The van der Waals surface area contributed by atoms with Crippen LogP contribution in [0.15, 0.2) is 36.7 Å². The largest absolute Gasteiger partial charge is 0.341 e. The molecular formula is C19H23N5O. The summed E-state index contributed by atoms with van der Waals surface area (Å²) in [6, 6.07) is 8.37. The van der Waals surface area contributed by atoms with Crippen LogP contribution in [0.25, 0.3) is 0 Å². The van der Waals surface area contributed by atoms with Crippen molar-refractivity contribution >= 4 is 17.7 Å². The maximum Gasteiger partial charge on any atom is 0.322 e. The highest BCUT2D eigenvalue weighted by molar-refractivity contribution is 5.91. The molecule has 0 aliphatic carbocycles. The fraction of sp³-hybridized carbons (Fsp3) is 0.421. The maximum atomic E-state index is 12.6. The van der Waals surface area contributed by atoms with Crippen molar-refractivity contribution in [2.45, 2.75) is 32.2 Å². The molecule has 1 aromatic carbocycles. The average molecular weight is 337 g/mol. The monoisotopic (exact) mass is 337 g/mol. The van der Waals surface area contributed by atoms with E-state index in [2.05, 4.69) is 26.3 Å². The van der Waals surface area contributed by atoms with Crippen molar-refractivity contribution in [3.8, 4) is 0 Å². The standard InChI is InChI=1S/C19H23N5O/c1-14-12-20-18(21-13-14)23-9-7-16(8-10-23)24-11-6-15-4-2-3-5-17(15)22-19(24)25/h2-5,12-13,16H,6-11H2,1H3,(H,22,25). The Morgan fingerprint density at radius 2 is 1.80 bits per heavy atom. The molecule has 0 saturated carbocycles. The van der Waals surface area contributed by atoms with Crippen molar-refractivity contribution in [3.05, 3.63) is 47.8 Å². The third-order valence-electron chi connectivity index (χ3n) is 5.10. The summed E-state index contributed by atoms with van der Waals surface area (Å²) < 4.78 is 0. The van der Waals surface area contributed by atoms with E-state index in [0.717, 1.165) is 56.1 Å². The number of benzene rings is 1. The minimum absolute atomic E-state index is 0.0231. The zero-order chi connectivity index (χ0) is 17.2. The summed E-state index contributed by atoms with van der Waals surface area (Å²) in [4.78, 5) is 25.7. The molecule has 0 bridgehead atoms. The number of piperidine rings is 1. The number of nitrogens with one attached hydrogen (secondary N) is 1. The highest BCUT2D eigenvalue weighted by Gasteiger charge is 2.30. The summed E-state index contributed by atoms with van der Waals surface area (Å²) >= 11 is 0. The number of urea groups is 1. The first-order valence-electron chi connectivity index (χ1n) is 8.90. The molecule has 2 amide bonds. The van der Waals surface area contributed by atoms with Crippen molar-refractivity contribution in [2.24, 2.45) is 0 Å². The molecule has 6 nitrogen and oxygen atoms in total. The quantitative estimate of drug-likeness (QED) is 0.915. The van der Waals surface area contributed by atoms with Crippen molar-refractivity contribution in [2.75, 3.05) is 29.9 Å². The number of fused-ring (bicyclic) bond motifs is 1. The van der Waals surface area contributed by atoms with Crippen LogP contribution in [-0.2, 0) is 6.42 Å². The van der Waals surface area contributed by atoms with Crippen LogP contribution in [0.1, 0.15) is 24.0 Å². The first-order chi connectivity index (χ1) is 12.2. The first-order valence-corrected chi connectivity index (χ1v) is 8.90. The Morgan fingerprint density at radius 3 is 2.56 bits per heavy atom. The molecule has 4 rings (SSSR count). The van der Waals surface area contributed by atoms with E-state index < -0.39 is 0 Å². The van der Waals surface area contributed by atoms with E-state index in [1.54, 1.807) is 0 Å². The lowest BCUT2D eigenvalue weighted by Gasteiger charge is -2.37. The Morgan fingerprint density at radius 1 is 1.08 bits per heavy atom. The Hall–Kier alpha value is -2.63. The molecule has 1 saturated heterocycles. The van der Waals surface area contributed by atoms with Gasteiger partial charge >= 0.3 is 6.03 Å². The highest BCUT2D eigenvalue weighted by Crippen LogP contribution is 2.25. The van der Waals surface area contributed by atoms with Crippen molar-refractivity contribution in [1.82, 2.24) is 14.9 Å². The summed E-state index contributed by atoms with van der Waals surface area (Å²) in [7, 11) is 0. The predicted molar refractivity (Wildman–Crippen MR) is 97.9 cm³/mol. The Bertz CT molecular complexity index is 753. The highest BCUT2D eigenvalue weighted by atomic mass is 16.2.